The molecule has 0 aromatic heterocycles. The molecule has 0 amide bonds. The summed E-state index contributed by atoms with van der Waals surface area (Å²) in [7, 11) is 0. The lowest BCUT2D eigenvalue weighted by Gasteiger charge is -2.31. The molecule has 0 bridgehead atoms. The highest BCUT2D eigenvalue weighted by Gasteiger charge is 2.29. The summed E-state index contributed by atoms with van der Waals surface area (Å²) in [5.74, 6) is -0.751. The first-order valence-electron chi connectivity index (χ1n) is 5.96. The Morgan fingerprint density at radius 2 is 1.53 bits per heavy atom. The molecule has 0 spiro atoms. The molecule has 0 aliphatic rings. The van der Waals surface area contributed by atoms with Crippen LogP contribution in [0, 0.1) is 0 Å². The zero-order valence-corrected chi connectivity index (χ0v) is 11.4. The van der Waals surface area contributed by atoms with Gasteiger partial charge in [-0.3, -0.25) is 4.79 Å². The minimum atomic E-state index is -0.751. The Morgan fingerprint density at radius 3 is 1.94 bits per heavy atom. The first kappa shape index (κ1) is 13.8. The molecule has 0 heterocycles. The SMILES string of the molecule is CC(C)(C)c1ccccc1C(C)(C)CC(=O)O. The fourth-order valence-electron chi connectivity index (χ4n) is 2.20. The quantitative estimate of drug-likeness (QED) is 0.865. The van der Waals surface area contributed by atoms with Crippen LogP contribution in [0.1, 0.15) is 52.2 Å². The highest BCUT2D eigenvalue weighted by Crippen LogP contribution is 2.35. The lowest BCUT2D eigenvalue weighted by molar-refractivity contribution is -0.138. The minimum Gasteiger partial charge on any atom is -0.481 e. The van der Waals surface area contributed by atoms with Crippen LogP contribution >= 0.6 is 0 Å². The van der Waals surface area contributed by atoms with Gasteiger partial charge in [0.15, 0.2) is 0 Å². The number of carboxylic acids is 1. The van der Waals surface area contributed by atoms with E-state index in [0.717, 1.165) is 5.56 Å². The van der Waals surface area contributed by atoms with E-state index < -0.39 is 5.97 Å². The molecule has 1 aromatic rings. The smallest absolute Gasteiger partial charge is 0.304 e. The standard InChI is InChI=1S/C15H22O2/c1-14(2,3)11-8-6-7-9-12(11)15(4,5)10-13(16)17/h6-9H,10H2,1-5H3,(H,16,17). The van der Waals surface area contributed by atoms with E-state index in [2.05, 4.69) is 26.8 Å². The lowest BCUT2D eigenvalue weighted by Crippen LogP contribution is -2.26. The summed E-state index contributed by atoms with van der Waals surface area (Å²) >= 11 is 0. The van der Waals surface area contributed by atoms with Gasteiger partial charge in [0, 0.05) is 5.41 Å². The van der Waals surface area contributed by atoms with Gasteiger partial charge in [0.25, 0.3) is 0 Å². The molecule has 0 saturated heterocycles. The molecule has 0 unspecified atom stereocenters. The van der Waals surface area contributed by atoms with E-state index in [-0.39, 0.29) is 17.3 Å². The second kappa shape index (κ2) is 4.52. The number of benzene rings is 1. The molecule has 0 atom stereocenters. The summed E-state index contributed by atoms with van der Waals surface area (Å²) in [6.07, 6.45) is 0.153. The van der Waals surface area contributed by atoms with Crippen LogP contribution in [0.5, 0.6) is 0 Å². The van der Waals surface area contributed by atoms with E-state index in [4.69, 9.17) is 5.11 Å². The number of rotatable bonds is 3. The maximum Gasteiger partial charge on any atom is 0.304 e. The van der Waals surface area contributed by atoms with Gasteiger partial charge in [0.2, 0.25) is 0 Å². The molecule has 1 rings (SSSR count). The van der Waals surface area contributed by atoms with E-state index in [1.807, 2.05) is 32.0 Å². The fourth-order valence-corrected chi connectivity index (χ4v) is 2.20. The van der Waals surface area contributed by atoms with Gasteiger partial charge in [0.05, 0.1) is 6.42 Å². The number of hydrogen-bond acceptors (Lipinski definition) is 1. The van der Waals surface area contributed by atoms with Crippen molar-refractivity contribution in [2.75, 3.05) is 0 Å². The molecule has 1 aromatic carbocycles. The topological polar surface area (TPSA) is 37.3 Å². The van der Waals surface area contributed by atoms with Crippen molar-refractivity contribution < 1.29 is 9.90 Å². The lowest BCUT2D eigenvalue weighted by atomic mass is 9.73. The van der Waals surface area contributed by atoms with Crippen LogP contribution in [0.25, 0.3) is 0 Å². The maximum atomic E-state index is 10.9. The van der Waals surface area contributed by atoms with Gasteiger partial charge in [-0.2, -0.15) is 0 Å². The summed E-state index contributed by atoms with van der Waals surface area (Å²) < 4.78 is 0. The zero-order valence-electron chi connectivity index (χ0n) is 11.4. The second-order valence-electron chi connectivity index (χ2n) is 6.25. The van der Waals surface area contributed by atoms with E-state index in [1.54, 1.807) is 0 Å². The average molecular weight is 234 g/mol. The minimum absolute atomic E-state index is 0.0341. The molecule has 0 radical (unpaired) electrons. The van der Waals surface area contributed by atoms with Crippen LogP contribution in [-0.4, -0.2) is 11.1 Å². The average Bonchev–Trinajstić information content (AvgIpc) is 2.14. The van der Waals surface area contributed by atoms with Gasteiger partial charge in [-0.05, 0) is 16.5 Å². The molecule has 94 valence electrons. The Bertz CT molecular complexity index is 411. The fraction of sp³-hybridized carbons (Fsp3) is 0.533. The first-order valence-corrected chi connectivity index (χ1v) is 5.96. The third kappa shape index (κ3) is 3.32. The molecule has 0 aliphatic carbocycles. The van der Waals surface area contributed by atoms with Crippen molar-refractivity contribution in [1.82, 2.24) is 0 Å². The summed E-state index contributed by atoms with van der Waals surface area (Å²) in [6, 6.07) is 8.14. The van der Waals surface area contributed by atoms with Gasteiger partial charge in [0.1, 0.15) is 0 Å². The highest BCUT2D eigenvalue weighted by molar-refractivity contribution is 5.69. The monoisotopic (exact) mass is 234 g/mol. The summed E-state index contributed by atoms with van der Waals surface area (Å²) in [6.45, 7) is 10.4. The van der Waals surface area contributed by atoms with Crippen molar-refractivity contribution in [3.05, 3.63) is 35.4 Å². The summed E-state index contributed by atoms with van der Waals surface area (Å²) in [5.41, 5.74) is 2.06. The summed E-state index contributed by atoms with van der Waals surface area (Å²) in [5, 5.41) is 9.00. The first-order chi connectivity index (χ1) is 7.64. The zero-order chi connectivity index (χ0) is 13.3. The molecule has 1 N–H and O–H groups in total. The number of aliphatic carboxylic acids is 1. The Hall–Kier alpha value is -1.31. The molecule has 2 heteroatoms. The van der Waals surface area contributed by atoms with Crippen LogP contribution in [-0.2, 0) is 15.6 Å². The molecule has 0 saturated carbocycles. The predicted octanol–water partition coefficient (Wildman–Crippen LogP) is 3.74. The molecular weight excluding hydrogens is 212 g/mol. The molecule has 0 fully saturated rings. The largest absolute Gasteiger partial charge is 0.481 e. The van der Waals surface area contributed by atoms with Crippen LogP contribution < -0.4 is 0 Å². The van der Waals surface area contributed by atoms with E-state index in [0.29, 0.717) is 0 Å². The van der Waals surface area contributed by atoms with Gasteiger partial charge in [-0.15, -0.1) is 0 Å². The number of carbonyl (C=O) groups is 1. The second-order valence-corrected chi connectivity index (χ2v) is 6.25. The van der Waals surface area contributed by atoms with E-state index in [9.17, 15) is 4.79 Å². The highest BCUT2D eigenvalue weighted by atomic mass is 16.4. The van der Waals surface area contributed by atoms with Crippen LogP contribution in [0.2, 0.25) is 0 Å². The Morgan fingerprint density at radius 1 is 1.06 bits per heavy atom. The van der Waals surface area contributed by atoms with E-state index in [1.165, 1.54) is 5.56 Å². The van der Waals surface area contributed by atoms with Crippen LogP contribution in [0.15, 0.2) is 24.3 Å². The van der Waals surface area contributed by atoms with Crippen molar-refractivity contribution in [1.29, 1.82) is 0 Å². The number of carboxylic acid groups (broad SMARTS) is 1. The van der Waals surface area contributed by atoms with Gasteiger partial charge in [-0.1, -0.05) is 58.9 Å². The third-order valence-electron chi connectivity index (χ3n) is 3.06. The molecule has 0 aliphatic heterocycles. The normalized spacial score (nSPS) is 12.5. The van der Waals surface area contributed by atoms with Crippen molar-refractivity contribution in [3.63, 3.8) is 0 Å². The van der Waals surface area contributed by atoms with Gasteiger partial charge < -0.3 is 5.11 Å². The van der Waals surface area contributed by atoms with Gasteiger partial charge in [-0.25, -0.2) is 0 Å². The Labute approximate surface area is 104 Å². The van der Waals surface area contributed by atoms with Crippen LogP contribution in [0.3, 0.4) is 0 Å². The molecule has 2 nitrogen and oxygen atoms in total. The summed E-state index contributed by atoms with van der Waals surface area (Å²) in [4.78, 5) is 10.9. The van der Waals surface area contributed by atoms with Crippen LogP contribution in [0.4, 0.5) is 0 Å². The maximum absolute atomic E-state index is 10.9. The Kier molecular flexibility index (Phi) is 3.65. The van der Waals surface area contributed by atoms with Crippen molar-refractivity contribution >= 4 is 5.97 Å². The van der Waals surface area contributed by atoms with Crippen molar-refractivity contribution in [2.45, 2.75) is 51.9 Å². The van der Waals surface area contributed by atoms with Gasteiger partial charge >= 0.3 is 5.97 Å². The third-order valence-corrected chi connectivity index (χ3v) is 3.06. The Balaban J connectivity index is 3.26. The molecule has 17 heavy (non-hydrogen) atoms. The van der Waals surface area contributed by atoms with Crippen molar-refractivity contribution in [2.24, 2.45) is 0 Å². The number of hydrogen-bond donors (Lipinski definition) is 1. The van der Waals surface area contributed by atoms with Crippen molar-refractivity contribution in [3.8, 4) is 0 Å². The predicted molar refractivity (Wildman–Crippen MR) is 70.4 cm³/mol. The van der Waals surface area contributed by atoms with E-state index >= 15 is 0 Å². The molecular formula is C15H22O2.